The first-order chi connectivity index (χ1) is 12.5. The van der Waals surface area contributed by atoms with Gasteiger partial charge in [-0.25, -0.2) is 0 Å². The Hall–Kier alpha value is -1.41. The number of hydrogen-bond acceptors (Lipinski definition) is 2. The van der Waals surface area contributed by atoms with Gasteiger partial charge in [0.1, 0.15) is 0 Å². The van der Waals surface area contributed by atoms with E-state index < -0.39 is 0 Å². The van der Waals surface area contributed by atoms with Crippen molar-refractivity contribution in [1.82, 2.24) is 4.98 Å². The Morgan fingerprint density at radius 1 is 1.08 bits per heavy atom. The van der Waals surface area contributed by atoms with Gasteiger partial charge in [-0.1, -0.05) is 37.6 Å². The van der Waals surface area contributed by atoms with Crippen LogP contribution in [-0.2, 0) is 0 Å². The maximum atomic E-state index is 10.2. The number of pyridine rings is 1. The fourth-order valence-corrected chi connectivity index (χ4v) is 7.17. The molecule has 138 valence electrons. The highest BCUT2D eigenvalue weighted by Crippen LogP contribution is 2.66. The van der Waals surface area contributed by atoms with E-state index in [4.69, 9.17) is 0 Å². The van der Waals surface area contributed by atoms with Crippen molar-refractivity contribution >= 4 is 5.57 Å². The van der Waals surface area contributed by atoms with Gasteiger partial charge in [0.25, 0.3) is 0 Å². The molecule has 0 aromatic carbocycles. The fourth-order valence-electron chi connectivity index (χ4n) is 7.17. The zero-order valence-electron chi connectivity index (χ0n) is 16.1. The summed E-state index contributed by atoms with van der Waals surface area (Å²) in [6.45, 7) is 5.02. The molecule has 5 rings (SSSR count). The second-order valence-corrected chi connectivity index (χ2v) is 9.74. The Morgan fingerprint density at radius 3 is 2.77 bits per heavy atom. The summed E-state index contributed by atoms with van der Waals surface area (Å²) in [4.78, 5) is 4.36. The highest BCUT2D eigenvalue weighted by Gasteiger charge is 2.56. The van der Waals surface area contributed by atoms with Crippen LogP contribution in [-0.4, -0.2) is 16.2 Å². The van der Waals surface area contributed by atoms with Gasteiger partial charge in [-0.2, -0.15) is 0 Å². The van der Waals surface area contributed by atoms with Crippen LogP contribution >= 0.6 is 0 Å². The summed E-state index contributed by atoms with van der Waals surface area (Å²) in [6.07, 6.45) is 17.1. The Morgan fingerprint density at radius 2 is 1.96 bits per heavy atom. The van der Waals surface area contributed by atoms with Crippen LogP contribution in [0, 0.1) is 28.6 Å². The quantitative estimate of drug-likeness (QED) is 0.736. The van der Waals surface area contributed by atoms with Crippen LogP contribution in [0.4, 0.5) is 0 Å². The van der Waals surface area contributed by atoms with Crippen molar-refractivity contribution in [2.45, 2.75) is 64.9 Å². The minimum Gasteiger partial charge on any atom is -0.393 e. The molecular weight excluding hydrogens is 318 g/mol. The van der Waals surface area contributed by atoms with E-state index in [9.17, 15) is 5.11 Å². The van der Waals surface area contributed by atoms with Crippen LogP contribution in [0.1, 0.15) is 64.4 Å². The van der Waals surface area contributed by atoms with Gasteiger partial charge in [-0.05, 0) is 85.3 Å². The van der Waals surface area contributed by atoms with Crippen molar-refractivity contribution in [3.8, 4) is 0 Å². The molecule has 6 atom stereocenters. The van der Waals surface area contributed by atoms with Gasteiger partial charge in [-0.15, -0.1) is 0 Å². The van der Waals surface area contributed by atoms with Gasteiger partial charge < -0.3 is 5.11 Å². The molecule has 2 nitrogen and oxygen atoms in total. The molecule has 4 aliphatic rings. The Bertz CT molecular complexity index is 766. The standard InChI is InChI=1S/C24H31NO/c1-23-11-9-18(26)14-17(23)5-6-19-21-8-7-20(16-4-3-13-25-15-16)24(21,2)12-10-22(19)23/h3-4,7-8,13,15,17-19,22,26H,5-6,9-12,14H2,1-2H3/t17-,18?,19-,22-,23-,24+/m0/s1. The summed E-state index contributed by atoms with van der Waals surface area (Å²) < 4.78 is 0. The molecule has 1 heterocycles. The SMILES string of the molecule is C[C@]12CC[C@H]3[C@@H](CC[C@H]4CC(O)CC[C@@]43C)C1=CC=C2c1cccnc1. The molecule has 0 saturated heterocycles. The summed E-state index contributed by atoms with van der Waals surface area (Å²) in [5.74, 6) is 2.26. The lowest BCUT2D eigenvalue weighted by atomic mass is 9.46. The third-order valence-electron chi connectivity index (χ3n) is 8.65. The molecule has 1 N–H and O–H groups in total. The smallest absolute Gasteiger partial charge is 0.0543 e. The summed E-state index contributed by atoms with van der Waals surface area (Å²) in [5, 5.41) is 10.2. The molecule has 4 aliphatic carbocycles. The van der Waals surface area contributed by atoms with Crippen molar-refractivity contribution < 1.29 is 5.11 Å². The molecule has 3 fully saturated rings. The highest BCUT2D eigenvalue weighted by molar-refractivity contribution is 5.78. The number of nitrogens with zero attached hydrogens (tertiary/aromatic N) is 1. The van der Waals surface area contributed by atoms with Gasteiger partial charge >= 0.3 is 0 Å². The predicted octanol–water partition coefficient (Wildman–Crippen LogP) is 5.40. The number of aliphatic hydroxyl groups excluding tert-OH is 1. The van der Waals surface area contributed by atoms with Crippen LogP contribution in [0.2, 0.25) is 0 Å². The number of rotatable bonds is 1. The summed E-state index contributed by atoms with van der Waals surface area (Å²) in [6, 6.07) is 4.27. The zero-order valence-corrected chi connectivity index (χ0v) is 16.1. The second-order valence-electron chi connectivity index (χ2n) is 9.74. The minimum atomic E-state index is -0.0528. The van der Waals surface area contributed by atoms with E-state index in [0.29, 0.717) is 5.41 Å². The lowest BCUT2D eigenvalue weighted by molar-refractivity contribution is -0.0784. The second kappa shape index (κ2) is 5.79. The van der Waals surface area contributed by atoms with Crippen LogP contribution in [0.15, 0.2) is 42.3 Å². The number of aromatic nitrogens is 1. The van der Waals surface area contributed by atoms with E-state index in [2.05, 4.69) is 43.1 Å². The van der Waals surface area contributed by atoms with Gasteiger partial charge in [-0.3, -0.25) is 4.98 Å². The minimum absolute atomic E-state index is 0.0528. The average molecular weight is 350 g/mol. The molecular formula is C24H31NO. The molecule has 1 unspecified atom stereocenters. The van der Waals surface area contributed by atoms with E-state index in [0.717, 1.165) is 30.6 Å². The van der Waals surface area contributed by atoms with Gasteiger partial charge in [0, 0.05) is 17.8 Å². The molecule has 0 aliphatic heterocycles. The van der Waals surface area contributed by atoms with Crippen molar-refractivity contribution in [1.29, 1.82) is 0 Å². The van der Waals surface area contributed by atoms with Gasteiger partial charge in [0.15, 0.2) is 0 Å². The Kier molecular flexibility index (Phi) is 3.73. The normalized spacial score (nSPS) is 44.4. The maximum absolute atomic E-state index is 10.2. The average Bonchev–Trinajstić information content (AvgIpc) is 3.00. The van der Waals surface area contributed by atoms with E-state index in [1.54, 1.807) is 5.57 Å². The monoisotopic (exact) mass is 349 g/mol. The summed E-state index contributed by atoms with van der Waals surface area (Å²) in [5.41, 5.74) is 5.09. The molecule has 1 aromatic rings. The van der Waals surface area contributed by atoms with Gasteiger partial charge in [0.2, 0.25) is 0 Å². The van der Waals surface area contributed by atoms with Crippen molar-refractivity contribution in [2.24, 2.45) is 28.6 Å². The maximum Gasteiger partial charge on any atom is 0.0543 e. The van der Waals surface area contributed by atoms with Gasteiger partial charge in [0.05, 0.1) is 6.10 Å². The summed E-state index contributed by atoms with van der Waals surface area (Å²) >= 11 is 0. The van der Waals surface area contributed by atoms with Crippen LogP contribution in [0.3, 0.4) is 0 Å². The van der Waals surface area contributed by atoms with Crippen LogP contribution in [0.5, 0.6) is 0 Å². The molecule has 2 heteroatoms. The predicted molar refractivity (Wildman–Crippen MR) is 105 cm³/mol. The summed E-state index contributed by atoms with van der Waals surface area (Å²) in [7, 11) is 0. The molecule has 0 bridgehead atoms. The fraction of sp³-hybridized carbons (Fsp3) is 0.625. The van der Waals surface area contributed by atoms with E-state index >= 15 is 0 Å². The van der Waals surface area contributed by atoms with E-state index in [1.807, 2.05) is 12.4 Å². The number of aliphatic hydroxyl groups is 1. The zero-order chi connectivity index (χ0) is 17.9. The third kappa shape index (κ3) is 2.24. The lowest BCUT2D eigenvalue weighted by Crippen LogP contribution is -2.51. The number of fused-ring (bicyclic) bond motifs is 5. The first-order valence-electron chi connectivity index (χ1n) is 10.5. The van der Waals surface area contributed by atoms with Crippen molar-refractivity contribution in [3.05, 3.63) is 47.8 Å². The first kappa shape index (κ1) is 16.7. The van der Waals surface area contributed by atoms with E-state index in [1.165, 1.54) is 43.2 Å². The number of hydrogen-bond donors (Lipinski definition) is 1. The lowest BCUT2D eigenvalue weighted by Gasteiger charge is -2.59. The highest BCUT2D eigenvalue weighted by atomic mass is 16.3. The third-order valence-corrected chi connectivity index (χ3v) is 8.65. The molecule has 26 heavy (non-hydrogen) atoms. The Labute approximate surface area is 157 Å². The van der Waals surface area contributed by atoms with Crippen LogP contribution < -0.4 is 0 Å². The van der Waals surface area contributed by atoms with Crippen molar-refractivity contribution in [2.75, 3.05) is 0 Å². The molecule has 1 aromatic heterocycles. The van der Waals surface area contributed by atoms with E-state index in [-0.39, 0.29) is 11.5 Å². The number of allylic oxidation sites excluding steroid dienone is 4. The largest absolute Gasteiger partial charge is 0.393 e. The first-order valence-corrected chi connectivity index (χ1v) is 10.5. The van der Waals surface area contributed by atoms with Crippen LogP contribution in [0.25, 0.3) is 5.57 Å². The molecule has 3 saturated carbocycles. The van der Waals surface area contributed by atoms with Crippen molar-refractivity contribution in [3.63, 3.8) is 0 Å². The topological polar surface area (TPSA) is 33.1 Å². The molecule has 0 amide bonds. The molecule has 0 radical (unpaired) electrons. The Balaban J connectivity index is 1.46. The molecule has 0 spiro atoms.